The van der Waals surface area contributed by atoms with E-state index in [1.807, 2.05) is 0 Å². The summed E-state index contributed by atoms with van der Waals surface area (Å²) in [7, 11) is 0. The maximum Gasteiger partial charge on any atom is 0.258 e. The van der Waals surface area contributed by atoms with Crippen molar-refractivity contribution >= 4 is 73.0 Å². The molecule has 0 fully saturated rings. The average Bonchev–Trinajstić information content (AvgIpc) is 2.93. The molecule has 4 N–H and O–H groups in total. The predicted octanol–water partition coefficient (Wildman–Crippen LogP) is 4.51. The van der Waals surface area contributed by atoms with Crippen LogP contribution in [0.25, 0.3) is 0 Å². The lowest BCUT2D eigenvalue weighted by Crippen LogP contribution is -2.34. The van der Waals surface area contributed by atoms with Gasteiger partial charge in [-0.3, -0.25) is 14.9 Å². The summed E-state index contributed by atoms with van der Waals surface area (Å²) in [6.45, 7) is 2.19. The molecule has 0 radical (unpaired) electrons. The molecule has 5 nitrogen and oxygen atoms in total. The minimum Gasteiger partial charge on any atom is -0.365 e. The Balaban J connectivity index is 1.79. The maximum absolute atomic E-state index is 12.4. The topological polar surface area (TPSA) is 84.2 Å². The number of carbonyl (C=O) groups is 2. The summed E-state index contributed by atoms with van der Waals surface area (Å²) in [4.78, 5) is 25.6. The fraction of sp³-hybridized carbons (Fsp3) is 0.278. The fourth-order valence-corrected chi connectivity index (χ4v) is 5.32. The van der Waals surface area contributed by atoms with Gasteiger partial charge in [0.25, 0.3) is 11.8 Å². The minimum atomic E-state index is -0.492. The summed E-state index contributed by atoms with van der Waals surface area (Å²) < 4.78 is 0.729. The third kappa shape index (κ3) is 4.51. The first kappa shape index (κ1) is 20.3. The van der Waals surface area contributed by atoms with Crippen LogP contribution in [-0.2, 0) is 12.8 Å². The van der Waals surface area contributed by atoms with Gasteiger partial charge in [0.1, 0.15) is 5.00 Å². The zero-order valence-corrected chi connectivity index (χ0v) is 18.4. The Morgan fingerprint density at radius 3 is 2.85 bits per heavy atom. The van der Waals surface area contributed by atoms with Crippen molar-refractivity contribution in [1.82, 2.24) is 5.32 Å². The summed E-state index contributed by atoms with van der Waals surface area (Å²) in [5, 5.41) is 6.54. The van der Waals surface area contributed by atoms with Gasteiger partial charge in [0.15, 0.2) is 5.11 Å². The highest BCUT2D eigenvalue weighted by Gasteiger charge is 2.27. The van der Waals surface area contributed by atoms with E-state index in [2.05, 4.69) is 33.5 Å². The van der Waals surface area contributed by atoms with Crippen molar-refractivity contribution in [2.45, 2.75) is 26.2 Å². The summed E-state index contributed by atoms with van der Waals surface area (Å²) in [5.41, 5.74) is 7.36. The van der Waals surface area contributed by atoms with Crippen LogP contribution in [0.1, 0.15) is 44.5 Å². The van der Waals surface area contributed by atoms with E-state index in [1.54, 1.807) is 18.2 Å². The fourth-order valence-electron chi connectivity index (χ4n) is 3.08. The Morgan fingerprint density at radius 1 is 1.41 bits per heavy atom. The zero-order valence-electron chi connectivity index (χ0n) is 14.4. The standard InChI is InChI=1S/C18H17BrClN3O2S2/c1-8-2-4-10-13(6-8)27-17(14(10)15(21)24)23-18(26)22-16(25)11-7-9(19)3-5-12(11)20/h3,5,7-8H,2,4,6H2,1H3,(H2,21,24)(H2,22,23,25,26)/t8-/m1/s1. The summed E-state index contributed by atoms with van der Waals surface area (Å²) in [5.74, 6) is -0.363. The van der Waals surface area contributed by atoms with E-state index in [1.165, 1.54) is 11.3 Å². The molecule has 0 unspecified atom stereocenters. The van der Waals surface area contributed by atoms with E-state index >= 15 is 0 Å². The third-order valence-corrected chi connectivity index (χ3v) is 6.58. The van der Waals surface area contributed by atoms with E-state index < -0.39 is 11.8 Å². The molecule has 27 heavy (non-hydrogen) atoms. The summed E-state index contributed by atoms with van der Waals surface area (Å²) in [6.07, 6.45) is 2.75. The number of benzene rings is 1. The number of hydrogen-bond acceptors (Lipinski definition) is 4. The first-order valence-corrected chi connectivity index (χ1v) is 10.7. The van der Waals surface area contributed by atoms with Crippen LogP contribution in [0.15, 0.2) is 22.7 Å². The quantitative estimate of drug-likeness (QED) is 0.557. The SMILES string of the molecule is C[C@@H]1CCc2c(sc(NC(=S)NC(=O)c3cc(Br)ccc3Cl)c2C(N)=O)C1. The van der Waals surface area contributed by atoms with Crippen molar-refractivity contribution in [3.63, 3.8) is 0 Å². The Bertz CT molecular complexity index is 945. The number of nitrogens with one attached hydrogen (secondary N) is 2. The number of nitrogens with two attached hydrogens (primary N) is 1. The van der Waals surface area contributed by atoms with Gasteiger partial charge in [0.2, 0.25) is 0 Å². The summed E-state index contributed by atoms with van der Waals surface area (Å²) in [6, 6.07) is 4.98. The molecule has 0 saturated carbocycles. The molecule has 2 aromatic rings. The summed E-state index contributed by atoms with van der Waals surface area (Å²) >= 11 is 16.1. The molecule has 2 amide bonds. The van der Waals surface area contributed by atoms with Crippen LogP contribution in [0.5, 0.6) is 0 Å². The number of halogens is 2. The normalized spacial score (nSPS) is 15.7. The second-order valence-electron chi connectivity index (χ2n) is 6.45. The van der Waals surface area contributed by atoms with Crippen molar-refractivity contribution in [3.8, 4) is 0 Å². The van der Waals surface area contributed by atoms with Gasteiger partial charge in [-0.2, -0.15) is 0 Å². The third-order valence-electron chi connectivity index (χ3n) is 4.39. The highest BCUT2D eigenvalue weighted by atomic mass is 79.9. The molecule has 1 heterocycles. The monoisotopic (exact) mass is 485 g/mol. The average molecular weight is 487 g/mol. The highest BCUT2D eigenvalue weighted by molar-refractivity contribution is 9.10. The second kappa shape index (κ2) is 8.26. The molecule has 0 bridgehead atoms. The second-order valence-corrected chi connectivity index (χ2v) is 9.29. The number of fused-ring (bicyclic) bond motifs is 1. The van der Waals surface area contributed by atoms with Gasteiger partial charge in [-0.05, 0) is 61.2 Å². The molecule has 1 aliphatic carbocycles. The van der Waals surface area contributed by atoms with Gasteiger partial charge in [-0.1, -0.05) is 34.5 Å². The van der Waals surface area contributed by atoms with Gasteiger partial charge < -0.3 is 11.1 Å². The Kier molecular flexibility index (Phi) is 6.20. The smallest absolute Gasteiger partial charge is 0.258 e. The molecule has 3 rings (SSSR count). The number of primary amides is 1. The molecule has 142 valence electrons. The molecule has 1 atom stereocenters. The van der Waals surface area contributed by atoms with Crippen LogP contribution < -0.4 is 16.4 Å². The highest BCUT2D eigenvalue weighted by Crippen LogP contribution is 2.39. The first-order chi connectivity index (χ1) is 12.8. The van der Waals surface area contributed by atoms with Gasteiger partial charge >= 0.3 is 0 Å². The number of rotatable bonds is 3. The van der Waals surface area contributed by atoms with Crippen LogP contribution in [0.3, 0.4) is 0 Å². The Morgan fingerprint density at radius 2 is 2.15 bits per heavy atom. The van der Waals surface area contributed by atoms with Crippen molar-refractivity contribution in [2.75, 3.05) is 5.32 Å². The van der Waals surface area contributed by atoms with Gasteiger partial charge in [-0.15, -0.1) is 11.3 Å². The van der Waals surface area contributed by atoms with Crippen molar-refractivity contribution < 1.29 is 9.59 Å². The molecule has 0 spiro atoms. The predicted molar refractivity (Wildman–Crippen MR) is 117 cm³/mol. The van der Waals surface area contributed by atoms with Gasteiger partial charge in [-0.25, -0.2) is 0 Å². The zero-order chi connectivity index (χ0) is 19.7. The lowest BCUT2D eigenvalue weighted by Gasteiger charge is -2.18. The van der Waals surface area contributed by atoms with Crippen molar-refractivity contribution in [3.05, 3.63) is 49.3 Å². The number of hydrogen-bond donors (Lipinski definition) is 3. The van der Waals surface area contributed by atoms with Crippen molar-refractivity contribution in [1.29, 1.82) is 0 Å². The molecular weight excluding hydrogens is 470 g/mol. The molecule has 0 aliphatic heterocycles. The largest absolute Gasteiger partial charge is 0.365 e. The molecule has 1 aliphatic rings. The molecule has 1 aromatic carbocycles. The number of thiophene rings is 1. The van der Waals surface area contributed by atoms with Gasteiger partial charge in [0.05, 0.1) is 16.1 Å². The van der Waals surface area contributed by atoms with E-state index in [9.17, 15) is 9.59 Å². The van der Waals surface area contributed by atoms with Gasteiger partial charge in [0, 0.05) is 9.35 Å². The minimum absolute atomic E-state index is 0.0881. The molecule has 9 heteroatoms. The van der Waals surface area contributed by atoms with Crippen molar-refractivity contribution in [2.24, 2.45) is 11.7 Å². The maximum atomic E-state index is 12.4. The van der Waals surface area contributed by atoms with E-state index in [-0.39, 0.29) is 5.11 Å². The Labute approximate surface area is 179 Å². The molecule has 1 aromatic heterocycles. The number of carbonyl (C=O) groups excluding carboxylic acids is 2. The van der Waals surface area contributed by atoms with Crippen LogP contribution in [0, 0.1) is 5.92 Å². The van der Waals surface area contributed by atoms with Crippen LogP contribution in [-0.4, -0.2) is 16.9 Å². The van der Waals surface area contributed by atoms with E-state index in [0.29, 0.717) is 27.1 Å². The van der Waals surface area contributed by atoms with Crippen LogP contribution >= 0.6 is 51.1 Å². The van der Waals surface area contributed by atoms with Crippen LogP contribution in [0.2, 0.25) is 5.02 Å². The van der Waals surface area contributed by atoms with E-state index in [4.69, 9.17) is 29.6 Å². The lowest BCUT2D eigenvalue weighted by atomic mass is 9.88. The number of thiocarbonyl (C=S) groups is 1. The lowest BCUT2D eigenvalue weighted by molar-refractivity contribution is 0.0975. The van der Waals surface area contributed by atoms with Crippen LogP contribution in [0.4, 0.5) is 5.00 Å². The first-order valence-electron chi connectivity index (χ1n) is 8.28. The number of amides is 2. The Hall–Kier alpha value is -1.48. The molecule has 0 saturated heterocycles. The van der Waals surface area contributed by atoms with E-state index in [0.717, 1.165) is 34.2 Å². The number of anilines is 1. The molecular formula is C18H17BrClN3O2S2.